The second-order valence-electron chi connectivity index (χ2n) is 6.65. The molecule has 0 fully saturated rings. The van der Waals surface area contributed by atoms with Gasteiger partial charge in [-0.3, -0.25) is 9.10 Å². The van der Waals surface area contributed by atoms with E-state index in [0.717, 1.165) is 16.1 Å². The molecule has 0 aromatic heterocycles. The molecule has 0 bridgehead atoms. The number of halogens is 1. The number of sulfonamides is 1. The van der Waals surface area contributed by atoms with Crippen LogP contribution in [0.15, 0.2) is 72.8 Å². The van der Waals surface area contributed by atoms with E-state index >= 15 is 0 Å². The van der Waals surface area contributed by atoms with Crippen molar-refractivity contribution >= 4 is 38.9 Å². The van der Waals surface area contributed by atoms with Crippen LogP contribution >= 0.6 is 11.6 Å². The van der Waals surface area contributed by atoms with E-state index in [1.54, 1.807) is 24.3 Å². The van der Waals surface area contributed by atoms with Gasteiger partial charge >= 0.3 is 0 Å². The van der Waals surface area contributed by atoms with E-state index in [0.29, 0.717) is 23.7 Å². The molecular formula is C22H21ClN2O4S. The number of anilines is 2. The van der Waals surface area contributed by atoms with Gasteiger partial charge in [-0.15, -0.1) is 0 Å². The largest absolute Gasteiger partial charge is 0.489 e. The second kappa shape index (κ2) is 9.19. The Morgan fingerprint density at radius 1 is 1.03 bits per heavy atom. The number of carbonyl (C=O) groups excluding carboxylic acids is 1. The smallest absolute Gasteiger partial charge is 0.257 e. The molecule has 3 aromatic rings. The summed E-state index contributed by atoms with van der Waals surface area (Å²) >= 11 is 6.21. The molecule has 3 aromatic carbocycles. The molecular weight excluding hydrogens is 424 g/mol. The lowest BCUT2D eigenvalue weighted by Gasteiger charge is -2.17. The van der Waals surface area contributed by atoms with E-state index in [4.69, 9.17) is 16.3 Å². The first-order chi connectivity index (χ1) is 14.2. The Morgan fingerprint density at radius 3 is 2.30 bits per heavy atom. The Hall–Kier alpha value is -3.03. The summed E-state index contributed by atoms with van der Waals surface area (Å²) in [6, 6.07) is 21.3. The quantitative estimate of drug-likeness (QED) is 0.579. The number of carbonyl (C=O) groups is 1. The predicted molar refractivity (Wildman–Crippen MR) is 120 cm³/mol. The van der Waals surface area contributed by atoms with Gasteiger partial charge in [-0.2, -0.15) is 0 Å². The maximum Gasteiger partial charge on any atom is 0.257 e. The zero-order chi connectivity index (χ0) is 21.7. The second-order valence-corrected chi connectivity index (χ2v) is 9.07. The maximum atomic E-state index is 12.5. The zero-order valence-electron chi connectivity index (χ0n) is 16.5. The molecule has 0 aliphatic rings. The summed E-state index contributed by atoms with van der Waals surface area (Å²) in [5.41, 5.74) is 2.26. The molecule has 0 aliphatic heterocycles. The topological polar surface area (TPSA) is 75.7 Å². The molecule has 30 heavy (non-hydrogen) atoms. The number of nitrogens with zero attached hydrogens (tertiary/aromatic N) is 1. The molecule has 1 amide bonds. The fraction of sp³-hybridized carbons (Fsp3) is 0.136. The van der Waals surface area contributed by atoms with Crippen LogP contribution in [0.4, 0.5) is 11.4 Å². The minimum atomic E-state index is -3.42. The van der Waals surface area contributed by atoms with Crippen molar-refractivity contribution in [2.75, 3.05) is 22.9 Å². The van der Waals surface area contributed by atoms with Crippen LogP contribution in [0, 0.1) is 0 Å². The molecule has 1 N–H and O–H groups in total. The van der Waals surface area contributed by atoms with E-state index in [9.17, 15) is 13.2 Å². The minimum absolute atomic E-state index is 0.156. The molecule has 0 saturated heterocycles. The van der Waals surface area contributed by atoms with E-state index in [-0.39, 0.29) is 10.6 Å². The Kier molecular flexibility index (Phi) is 6.64. The monoisotopic (exact) mass is 444 g/mol. The number of hydrogen-bond acceptors (Lipinski definition) is 4. The average Bonchev–Trinajstić information content (AvgIpc) is 2.72. The molecule has 0 aliphatic carbocycles. The Balaban J connectivity index is 1.64. The highest BCUT2D eigenvalue weighted by Gasteiger charge is 2.16. The van der Waals surface area contributed by atoms with Crippen molar-refractivity contribution in [3.8, 4) is 5.75 Å². The van der Waals surface area contributed by atoms with Gasteiger partial charge in [0.25, 0.3) is 5.91 Å². The van der Waals surface area contributed by atoms with Crippen LogP contribution in [0.2, 0.25) is 5.02 Å². The highest BCUT2D eigenvalue weighted by atomic mass is 35.5. The summed E-state index contributed by atoms with van der Waals surface area (Å²) in [5.74, 6) is 0.287. The fourth-order valence-electron chi connectivity index (χ4n) is 2.65. The summed E-state index contributed by atoms with van der Waals surface area (Å²) < 4.78 is 30.1. The summed E-state index contributed by atoms with van der Waals surface area (Å²) in [7, 11) is -2.00. The number of amides is 1. The van der Waals surface area contributed by atoms with Crippen molar-refractivity contribution in [3.63, 3.8) is 0 Å². The van der Waals surface area contributed by atoms with Crippen LogP contribution in [-0.4, -0.2) is 27.6 Å². The van der Waals surface area contributed by atoms with Gasteiger partial charge in [0.05, 0.1) is 22.5 Å². The molecule has 0 spiro atoms. The Bertz CT molecular complexity index is 1130. The number of hydrogen-bond donors (Lipinski definition) is 1. The molecule has 0 radical (unpaired) electrons. The average molecular weight is 445 g/mol. The first kappa shape index (κ1) is 21.7. The van der Waals surface area contributed by atoms with Crippen LogP contribution in [0.5, 0.6) is 5.75 Å². The number of benzene rings is 3. The third-order valence-corrected chi connectivity index (χ3v) is 5.94. The van der Waals surface area contributed by atoms with Crippen LogP contribution in [0.1, 0.15) is 15.9 Å². The van der Waals surface area contributed by atoms with Gasteiger partial charge in [0.1, 0.15) is 12.4 Å². The maximum absolute atomic E-state index is 12.5. The normalized spacial score (nSPS) is 11.0. The third-order valence-electron chi connectivity index (χ3n) is 4.42. The van der Waals surface area contributed by atoms with Gasteiger partial charge in [0.15, 0.2) is 0 Å². The van der Waals surface area contributed by atoms with Crippen molar-refractivity contribution in [1.82, 2.24) is 0 Å². The molecule has 156 valence electrons. The van der Waals surface area contributed by atoms with Crippen LogP contribution in [0.3, 0.4) is 0 Å². The van der Waals surface area contributed by atoms with Gasteiger partial charge in [0.2, 0.25) is 10.0 Å². The zero-order valence-corrected chi connectivity index (χ0v) is 18.1. The fourth-order valence-corrected chi connectivity index (χ4v) is 3.41. The summed E-state index contributed by atoms with van der Waals surface area (Å²) in [6.07, 6.45) is 1.09. The van der Waals surface area contributed by atoms with Crippen molar-refractivity contribution in [2.24, 2.45) is 0 Å². The highest BCUT2D eigenvalue weighted by molar-refractivity contribution is 7.92. The number of rotatable bonds is 7. The van der Waals surface area contributed by atoms with E-state index < -0.39 is 15.9 Å². The standard InChI is InChI=1S/C22H21ClN2O4S/c1-25(30(2,27)28)18-10-13-20(21(23)14-18)22(26)24-17-8-11-19(12-9-17)29-15-16-6-4-3-5-7-16/h3-14H,15H2,1-2H3,(H,24,26). The van der Waals surface area contributed by atoms with Crippen molar-refractivity contribution in [3.05, 3.63) is 88.9 Å². The van der Waals surface area contributed by atoms with Gasteiger partial charge < -0.3 is 10.1 Å². The molecule has 0 saturated carbocycles. The number of nitrogens with one attached hydrogen (secondary N) is 1. The van der Waals surface area contributed by atoms with Gasteiger partial charge in [0, 0.05) is 12.7 Å². The van der Waals surface area contributed by atoms with Gasteiger partial charge in [-0.25, -0.2) is 8.42 Å². The van der Waals surface area contributed by atoms with Crippen LogP contribution in [0.25, 0.3) is 0 Å². The summed E-state index contributed by atoms with van der Waals surface area (Å²) in [6.45, 7) is 0.455. The van der Waals surface area contributed by atoms with Crippen LogP contribution < -0.4 is 14.4 Å². The molecule has 6 nitrogen and oxygen atoms in total. The van der Waals surface area contributed by atoms with Crippen LogP contribution in [-0.2, 0) is 16.6 Å². The first-order valence-electron chi connectivity index (χ1n) is 9.05. The lowest BCUT2D eigenvalue weighted by atomic mass is 10.2. The van der Waals surface area contributed by atoms with Crippen molar-refractivity contribution in [2.45, 2.75) is 6.61 Å². The predicted octanol–water partition coefficient (Wildman–Crippen LogP) is 4.57. The van der Waals surface area contributed by atoms with Crippen molar-refractivity contribution in [1.29, 1.82) is 0 Å². The minimum Gasteiger partial charge on any atom is -0.489 e. The van der Waals surface area contributed by atoms with Gasteiger partial charge in [-0.1, -0.05) is 41.9 Å². The molecule has 3 rings (SSSR count). The first-order valence-corrected chi connectivity index (χ1v) is 11.3. The molecule has 8 heteroatoms. The van der Waals surface area contributed by atoms with E-state index in [1.165, 1.54) is 25.2 Å². The van der Waals surface area contributed by atoms with E-state index in [1.807, 2.05) is 30.3 Å². The van der Waals surface area contributed by atoms with Gasteiger partial charge in [-0.05, 0) is 48.0 Å². The summed E-state index contributed by atoms with van der Waals surface area (Å²) in [4.78, 5) is 12.5. The summed E-state index contributed by atoms with van der Waals surface area (Å²) in [5, 5.41) is 2.92. The molecule has 0 unspecified atom stereocenters. The lowest BCUT2D eigenvalue weighted by Crippen LogP contribution is -2.25. The molecule has 0 heterocycles. The number of ether oxygens (including phenoxy) is 1. The van der Waals surface area contributed by atoms with Crippen molar-refractivity contribution < 1.29 is 17.9 Å². The Morgan fingerprint density at radius 2 is 1.70 bits per heavy atom. The highest BCUT2D eigenvalue weighted by Crippen LogP contribution is 2.25. The molecule has 0 atom stereocenters. The Labute approximate surface area is 181 Å². The van der Waals surface area contributed by atoms with E-state index in [2.05, 4.69) is 5.32 Å². The lowest BCUT2D eigenvalue weighted by molar-refractivity contribution is 0.102. The third kappa shape index (κ3) is 5.52. The SMILES string of the molecule is CN(c1ccc(C(=O)Nc2ccc(OCc3ccccc3)cc2)c(Cl)c1)S(C)(=O)=O.